The Hall–Kier alpha value is -1.84. The molecule has 1 fully saturated rings. The molecular weight excluding hydrogens is 267 g/mol. The molecular formula is C17H23FN2O. The summed E-state index contributed by atoms with van der Waals surface area (Å²) in [7, 11) is 0. The Kier molecular flexibility index (Phi) is 4.66. The molecule has 0 radical (unpaired) electrons. The van der Waals surface area contributed by atoms with E-state index in [9.17, 15) is 9.18 Å². The smallest absolute Gasteiger partial charge is 0.320 e. The normalized spacial score (nSPS) is 19.6. The van der Waals surface area contributed by atoms with Crippen LogP contribution in [0.3, 0.4) is 0 Å². The third-order valence-corrected chi connectivity index (χ3v) is 3.75. The Balaban J connectivity index is 2.19. The Morgan fingerprint density at radius 2 is 1.95 bits per heavy atom. The Morgan fingerprint density at radius 1 is 1.24 bits per heavy atom. The van der Waals surface area contributed by atoms with E-state index in [1.165, 1.54) is 12.1 Å². The average Bonchev–Trinajstić information content (AvgIpc) is 2.73. The summed E-state index contributed by atoms with van der Waals surface area (Å²) in [6.07, 6.45) is 3.88. The Morgan fingerprint density at radius 3 is 2.52 bits per heavy atom. The third kappa shape index (κ3) is 3.43. The molecule has 1 aromatic rings. The maximum absolute atomic E-state index is 13.2. The highest BCUT2D eigenvalue weighted by Gasteiger charge is 2.38. The molecule has 0 aliphatic carbocycles. The van der Waals surface area contributed by atoms with Gasteiger partial charge in [-0.2, -0.15) is 0 Å². The molecule has 0 aromatic heterocycles. The van der Waals surface area contributed by atoms with Crippen LogP contribution in [0.4, 0.5) is 9.18 Å². The number of rotatable bonds is 4. The topological polar surface area (TPSA) is 23.6 Å². The minimum Gasteiger partial charge on any atom is -0.320 e. The summed E-state index contributed by atoms with van der Waals surface area (Å²) in [5.74, 6) is -0.246. The van der Waals surface area contributed by atoms with Gasteiger partial charge >= 0.3 is 6.03 Å². The maximum atomic E-state index is 13.2. The van der Waals surface area contributed by atoms with Crippen molar-refractivity contribution in [1.29, 1.82) is 0 Å². The zero-order valence-corrected chi connectivity index (χ0v) is 13.1. The van der Waals surface area contributed by atoms with Crippen LogP contribution in [-0.2, 0) is 0 Å². The van der Waals surface area contributed by atoms with Crippen LogP contribution in [0.15, 0.2) is 30.3 Å². The fraction of sp³-hybridized carbons (Fsp3) is 0.471. The largest absolute Gasteiger partial charge is 0.321 e. The average molecular weight is 290 g/mol. The van der Waals surface area contributed by atoms with Crippen LogP contribution in [0.2, 0.25) is 0 Å². The van der Waals surface area contributed by atoms with E-state index >= 15 is 0 Å². The number of halogens is 1. The minimum absolute atomic E-state index is 0.0307. The van der Waals surface area contributed by atoms with Gasteiger partial charge in [0.2, 0.25) is 0 Å². The Bertz CT molecular complexity index is 539. The molecule has 1 saturated heterocycles. The van der Waals surface area contributed by atoms with Crippen molar-refractivity contribution in [2.75, 3.05) is 6.54 Å². The van der Waals surface area contributed by atoms with Crippen molar-refractivity contribution in [3.8, 4) is 0 Å². The van der Waals surface area contributed by atoms with Crippen LogP contribution in [0.25, 0.3) is 6.08 Å². The van der Waals surface area contributed by atoms with Crippen molar-refractivity contribution in [2.45, 2.75) is 45.8 Å². The number of carbonyl (C=O) groups excluding carboxylic acids is 1. The lowest BCUT2D eigenvalue weighted by Crippen LogP contribution is -2.40. The quantitative estimate of drug-likeness (QED) is 0.828. The van der Waals surface area contributed by atoms with Crippen LogP contribution < -0.4 is 0 Å². The second-order valence-electron chi connectivity index (χ2n) is 6.01. The number of urea groups is 1. The molecule has 21 heavy (non-hydrogen) atoms. The molecule has 1 aliphatic rings. The van der Waals surface area contributed by atoms with E-state index in [0.717, 1.165) is 5.56 Å². The number of amides is 2. The van der Waals surface area contributed by atoms with E-state index in [1.807, 2.05) is 55.7 Å². The van der Waals surface area contributed by atoms with Crippen molar-refractivity contribution < 1.29 is 9.18 Å². The molecule has 0 N–H and O–H groups in total. The van der Waals surface area contributed by atoms with Gasteiger partial charge in [-0.05, 0) is 45.4 Å². The summed E-state index contributed by atoms with van der Waals surface area (Å²) in [5, 5.41) is 0. The first-order valence-electron chi connectivity index (χ1n) is 7.43. The lowest BCUT2D eigenvalue weighted by atomic mass is 10.1. The number of carbonyl (C=O) groups is 1. The SMILES string of the molecule is CC(C)N1C[C@@H](/C=C/c2cccc(F)c2)N(C(C)C)C1=O. The van der Waals surface area contributed by atoms with Gasteiger partial charge in [0, 0.05) is 18.6 Å². The van der Waals surface area contributed by atoms with Crippen LogP contribution in [0.5, 0.6) is 0 Å². The van der Waals surface area contributed by atoms with Gasteiger partial charge in [-0.1, -0.05) is 24.3 Å². The summed E-state index contributed by atoms with van der Waals surface area (Å²) >= 11 is 0. The molecule has 4 heteroatoms. The van der Waals surface area contributed by atoms with Gasteiger partial charge in [0.25, 0.3) is 0 Å². The Labute approximate surface area is 126 Å². The summed E-state index contributed by atoms with van der Waals surface area (Å²) in [4.78, 5) is 16.2. The number of benzene rings is 1. The second-order valence-corrected chi connectivity index (χ2v) is 6.01. The summed E-state index contributed by atoms with van der Waals surface area (Å²) in [6, 6.07) is 6.91. The van der Waals surface area contributed by atoms with Crippen LogP contribution in [-0.4, -0.2) is 40.5 Å². The van der Waals surface area contributed by atoms with E-state index in [4.69, 9.17) is 0 Å². The van der Waals surface area contributed by atoms with Crippen molar-refractivity contribution in [1.82, 2.24) is 9.80 Å². The first-order valence-corrected chi connectivity index (χ1v) is 7.43. The molecule has 1 aliphatic heterocycles. The summed E-state index contributed by atoms with van der Waals surface area (Å²) in [6.45, 7) is 8.76. The molecule has 114 valence electrons. The molecule has 0 spiro atoms. The highest BCUT2D eigenvalue weighted by atomic mass is 19.1. The molecule has 3 nitrogen and oxygen atoms in total. The first-order chi connectivity index (χ1) is 9.90. The first kappa shape index (κ1) is 15.5. The summed E-state index contributed by atoms with van der Waals surface area (Å²) < 4.78 is 13.2. The fourth-order valence-electron chi connectivity index (χ4n) is 2.68. The van der Waals surface area contributed by atoms with Gasteiger partial charge < -0.3 is 9.80 Å². The lowest BCUT2D eigenvalue weighted by Gasteiger charge is -2.26. The molecule has 2 rings (SSSR count). The molecule has 0 saturated carbocycles. The number of hydrogen-bond donors (Lipinski definition) is 0. The monoisotopic (exact) mass is 290 g/mol. The van der Waals surface area contributed by atoms with Crippen molar-refractivity contribution in [2.24, 2.45) is 0 Å². The van der Waals surface area contributed by atoms with Crippen molar-refractivity contribution in [3.05, 3.63) is 41.7 Å². The van der Waals surface area contributed by atoms with E-state index in [2.05, 4.69) is 0 Å². The third-order valence-electron chi connectivity index (χ3n) is 3.75. The molecule has 0 unspecified atom stereocenters. The molecule has 1 atom stereocenters. The van der Waals surface area contributed by atoms with Gasteiger partial charge in [-0.15, -0.1) is 0 Å². The van der Waals surface area contributed by atoms with Gasteiger partial charge in [-0.25, -0.2) is 9.18 Å². The zero-order chi connectivity index (χ0) is 15.6. The summed E-state index contributed by atoms with van der Waals surface area (Å²) in [5.41, 5.74) is 0.814. The maximum Gasteiger partial charge on any atom is 0.321 e. The lowest BCUT2D eigenvalue weighted by molar-refractivity contribution is 0.171. The van der Waals surface area contributed by atoms with Crippen LogP contribution >= 0.6 is 0 Å². The number of nitrogens with zero attached hydrogens (tertiary/aromatic N) is 2. The highest BCUT2D eigenvalue weighted by Crippen LogP contribution is 2.23. The second kappa shape index (κ2) is 6.29. The molecule has 1 aromatic carbocycles. The van der Waals surface area contributed by atoms with Crippen molar-refractivity contribution >= 4 is 12.1 Å². The fourth-order valence-corrected chi connectivity index (χ4v) is 2.68. The predicted octanol–water partition coefficient (Wildman–Crippen LogP) is 3.76. The van der Waals surface area contributed by atoms with E-state index in [-0.39, 0.29) is 30.0 Å². The van der Waals surface area contributed by atoms with E-state index in [0.29, 0.717) is 6.54 Å². The molecule has 2 amide bonds. The minimum atomic E-state index is -0.246. The molecule has 1 heterocycles. The van der Waals surface area contributed by atoms with E-state index < -0.39 is 0 Å². The predicted molar refractivity (Wildman–Crippen MR) is 83.4 cm³/mol. The van der Waals surface area contributed by atoms with Gasteiger partial charge in [0.1, 0.15) is 5.82 Å². The van der Waals surface area contributed by atoms with Crippen LogP contribution in [0, 0.1) is 5.82 Å². The highest BCUT2D eigenvalue weighted by molar-refractivity contribution is 5.78. The molecule has 0 bridgehead atoms. The van der Waals surface area contributed by atoms with Crippen LogP contribution in [0.1, 0.15) is 33.3 Å². The van der Waals surface area contributed by atoms with Gasteiger partial charge in [0.15, 0.2) is 0 Å². The van der Waals surface area contributed by atoms with E-state index in [1.54, 1.807) is 6.07 Å². The van der Waals surface area contributed by atoms with Gasteiger partial charge in [-0.3, -0.25) is 0 Å². The van der Waals surface area contributed by atoms with Crippen molar-refractivity contribution in [3.63, 3.8) is 0 Å². The zero-order valence-electron chi connectivity index (χ0n) is 13.1. The van der Waals surface area contributed by atoms with Gasteiger partial charge in [0.05, 0.1) is 6.04 Å². The number of hydrogen-bond acceptors (Lipinski definition) is 1. The standard InChI is InChI=1S/C17H23FN2O/c1-12(2)19-11-16(20(13(3)4)17(19)21)9-8-14-6-5-7-15(18)10-14/h5-10,12-13,16H,11H2,1-4H3/b9-8+/t16-/m1/s1.